The van der Waals surface area contributed by atoms with Gasteiger partial charge in [0, 0.05) is 31.1 Å². The van der Waals surface area contributed by atoms with E-state index < -0.39 is 5.82 Å². The van der Waals surface area contributed by atoms with Crippen LogP contribution in [0, 0.1) is 5.82 Å². The average Bonchev–Trinajstić information content (AvgIpc) is 2.98. The van der Waals surface area contributed by atoms with Gasteiger partial charge in [-0.05, 0) is 29.1 Å². The van der Waals surface area contributed by atoms with Gasteiger partial charge in [-0.15, -0.1) is 11.3 Å². The maximum Gasteiger partial charge on any atom is 0.165 e. The second-order valence-corrected chi connectivity index (χ2v) is 5.89. The van der Waals surface area contributed by atoms with Crippen molar-refractivity contribution in [1.82, 2.24) is 10.2 Å². The molecule has 3 nitrogen and oxygen atoms in total. The third-order valence-corrected chi connectivity index (χ3v) is 4.54. The van der Waals surface area contributed by atoms with Gasteiger partial charge in [0.15, 0.2) is 11.6 Å². The van der Waals surface area contributed by atoms with Crippen molar-refractivity contribution in [3.05, 3.63) is 52.0 Å². The summed E-state index contributed by atoms with van der Waals surface area (Å²) in [7, 11) is 0. The maximum atomic E-state index is 13.7. The number of aromatic hydroxyl groups is 1. The summed E-state index contributed by atoms with van der Waals surface area (Å²) < 4.78 is 13.7. The van der Waals surface area contributed by atoms with Gasteiger partial charge in [-0.1, -0.05) is 12.1 Å². The molecule has 1 atom stereocenters. The summed E-state index contributed by atoms with van der Waals surface area (Å²) >= 11 is 1.68. The zero-order valence-electron chi connectivity index (χ0n) is 11.1. The number of phenolic OH excluding ortho intramolecular Hbond substituents is 1. The summed E-state index contributed by atoms with van der Waals surface area (Å²) in [5, 5.41) is 14.7. The number of nitrogens with one attached hydrogen (secondary N) is 1. The Morgan fingerprint density at radius 3 is 2.70 bits per heavy atom. The first-order chi connectivity index (χ1) is 9.75. The number of thiophene rings is 1. The number of rotatable bonds is 3. The highest BCUT2D eigenvalue weighted by Gasteiger charge is 2.25. The first-order valence-corrected chi connectivity index (χ1v) is 7.60. The van der Waals surface area contributed by atoms with Gasteiger partial charge >= 0.3 is 0 Å². The molecular weight excluding hydrogens is 275 g/mol. The van der Waals surface area contributed by atoms with Gasteiger partial charge in [0.1, 0.15) is 0 Å². The standard InChI is InChI=1S/C15H17FN2OS/c16-12-10-11(3-4-13(12)19)15(14-2-1-9-20-14)18-7-5-17-6-8-18/h1-4,9-10,15,17,19H,5-8H2/t15-/m0/s1. The minimum Gasteiger partial charge on any atom is -0.505 e. The van der Waals surface area contributed by atoms with Crippen LogP contribution in [0.25, 0.3) is 0 Å². The molecule has 0 radical (unpaired) electrons. The molecule has 0 spiro atoms. The number of nitrogens with zero attached hydrogens (tertiary/aromatic N) is 1. The molecule has 1 saturated heterocycles. The predicted octanol–water partition coefficient (Wildman–Crippen LogP) is 2.59. The Bertz CT molecular complexity index is 567. The van der Waals surface area contributed by atoms with Gasteiger partial charge in [-0.3, -0.25) is 4.90 Å². The lowest BCUT2D eigenvalue weighted by atomic mass is 10.0. The van der Waals surface area contributed by atoms with Crippen LogP contribution in [0.5, 0.6) is 5.75 Å². The molecule has 5 heteroatoms. The molecule has 2 aromatic rings. The van der Waals surface area contributed by atoms with Crippen molar-refractivity contribution in [3.8, 4) is 5.75 Å². The van der Waals surface area contributed by atoms with E-state index in [1.54, 1.807) is 11.3 Å². The Labute approximate surface area is 121 Å². The third-order valence-electron chi connectivity index (χ3n) is 3.62. The number of halogens is 1. The number of hydrogen-bond acceptors (Lipinski definition) is 4. The minimum absolute atomic E-state index is 0.0622. The number of hydrogen-bond donors (Lipinski definition) is 2. The molecule has 3 rings (SSSR count). The summed E-state index contributed by atoms with van der Waals surface area (Å²) in [6.07, 6.45) is 0. The van der Waals surface area contributed by atoms with Crippen molar-refractivity contribution in [1.29, 1.82) is 0 Å². The molecule has 1 aliphatic heterocycles. The van der Waals surface area contributed by atoms with Crippen LogP contribution in [0.3, 0.4) is 0 Å². The van der Waals surface area contributed by atoms with Gasteiger partial charge < -0.3 is 10.4 Å². The molecule has 1 aromatic carbocycles. The van der Waals surface area contributed by atoms with E-state index in [0.717, 1.165) is 31.7 Å². The van der Waals surface area contributed by atoms with Crippen molar-refractivity contribution in [3.63, 3.8) is 0 Å². The monoisotopic (exact) mass is 292 g/mol. The van der Waals surface area contributed by atoms with Crippen LogP contribution in [-0.2, 0) is 0 Å². The summed E-state index contributed by atoms with van der Waals surface area (Å²) in [6, 6.07) is 8.86. The molecule has 106 valence electrons. The highest BCUT2D eigenvalue weighted by Crippen LogP contribution is 2.33. The van der Waals surface area contributed by atoms with Gasteiger partial charge in [0.25, 0.3) is 0 Å². The van der Waals surface area contributed by atoms with E-state index in [1.165, 1.54) is 17.0 Å². The Balaban J connectivity index is 1.98. The van der Waals surface area contributed by atoms with E-state index in [2.05, 4.69) is 16.3 Å². The normalized spacial score (nSPS) is 18.1. The molecule has 1 fully saturated rings. The topological polar surface area (TPSA) is 35.5 Å². The van der Waals surface area contributed by atoms with Crippen molar-refractivity contribution in [2.24, 2.45) is 0 Å². The van der Waals surface area contributed by atoms with Crippen LogP contribution in [0.1, 0.15) is 16.5 Å². The SMILES string of the molecule is Oc1ccc([C@@H](c2cccs2)N2CCNCC2)cc1F. The number of benzene rings is 1. The van der Waals surface area contributed by atoms with Crippen LogP contribution in [-0.4, -0.2) is 36.2 Å². The van der Waals surface area contributed by atoms with Crippen molar-refractivity contribution >= 4 is 11.3 Å². The Morgan fingerprint density at radius 1 is 1.25 bits per heavy atom. The van der Waals surface area contributed by atoms with Crippen LogP contribution < -0.4 is 5.32 Å². The molecule has 0 aliphatic carbocycles. The molecule has 2 heterocycles. The molecule has 0 saturated carbocycles. The van der Waals surface area contributed by atoms with Gasteiger partial charge in [-0.25, -0.2) is 4.39 Å². The summed E-state index contributed by atoms with van der Waals surface area (Å²) in [5.41, 5.74) is 0.893. The van der Waals surface area contributed by atoms with Gasteiger partial charge in [0.2, 0.25) is 0 Å². The lowest BCUT2D eigenvalue weighted by Crippen LogP contribution is -2.45. The summed E-state index contributed by atoms with van der Waals surface area (Å²) in [4.78, 5) is 3.56. The highest BCUT2D eigenvalue weighted by molar-refractivity contribution is 7.10. The van der Waals surface area contributed by atoms with Crippen LogP contribution in [0.2, 0.25) is 0 Å². The second kappa shape index (κ2) is 5.91. The molecule has 1 aliphatic rings. The van der Waals surface area contributed by atoms with Crippen LogP contribution >= 0.6 is 11.3 Å². The molecule has 0 amide bonds. The fraction of sp³-hybridized carbons (Fsp3) is 0.333. The lowest BCUT2D eigenvalue weighted by Gasteiger charge is -2.34. The van der Waals surface area contributed by atoms with Crippen molar-refractivity contribution in [2.75, 3.05) is 26.2 Å². The molecule has 0 bridgehead atoms. The second-order valence-electron chi connectivity index (χ2n) is 4.91. The maximum absolute atomic E-state index is 13.7. The fourth-order valence-electron chi connectivity index (χ4n) is 2.64. The minimum atomic E-state index is -0.556. The largest absolute Gasteiger partial charge is 0.505 e. The Morgan fingerprint density at radius 2 is 2.05 bits per heavy atom. The summed E-state index contributed by atoms with van der Waals surface area (Å²) in [6.45, 7) is 3.76. The lowest BCUT2D eigenvalue weighted by molar-refractivity contribution is 0.200. The van der Waals surface area contributed by atoms with Crippen molar-refractivity contribution in [2.45, 2.75) is 6.04 Å². The Kier molecular flexibility index (Phi) is 4.00. The Hall–Kier alpha value is -1.43. The highest BCUT2D eigenvalue weighted by atomic mass is 32.1. The van der Waals surface area contributed by atoms with Gasteiger partial charge in [0.05, 0.1) is 6.04 Å². The van der Waals surface area contributed by atoms with E-state index in [1.807, 2.05) is 17.5 Å². The van der Waals surface area contributed by atoms with E-state index in [0.29, 0.717) is 0 Å². The number of phenols is 1. The van der Waals surface area contributed by atoms with Crippen molar-refractivity contribution < 1.29 is 9.50 Å². The molecular formula is C15H17FN2OS. The smallest absolute Gasteiger partial charge is 0.165 e. The van der Waals surface area contributed by atoms with Crippen LogP contribution in [0.15, 0.2) is 35.7 Å². The quantitative estimate of drug-likeness (QED) is 0.913. The molecule has 1 aromatic heterocycles. The molecule has 20 heavy (non-hydrogen) atoms. The zero-order valence-corrected chi connectivity index (χ0v) is 11.9. The summed E-state index contributed by atoms with van der Waals surface area (Å²) in [5.74, 6) is -0.849. The zero-order chi connectivity index (χ0) is 13.9. The molecule has 0 unspecified atom stereocenters. The third kappa shape index (κ3) is 2.70. The first kappa shape index (κ1) is 13.5. The fourth-order valence-corrected chi connectivity index (χ4v) is 3.52. The predicted molar refractivity (Wildman–Crippen MR) is 78.7 cm³/mol. The van der Waals surface area contributed by atoms with E-state index >= 15 is 0 Å². The average molecular weight is 292 g/mol. The van der Waals surface area contributed by atoms with E-state index in [4.69, 9.17) is 0 Å². The van der Waals surface area contributed by atoms with E-state index in [-0.39, 0.29) is 11.8 Å². The molecule has 2 N–H and O–H groups in total. The first-order valence-electron chi connectivity index (χ1n) is 6.72. The van der Waals surface area contributed by atoms with Crippen LogP contribution in [0.4, 0.5) is 4.39 Å². The van der Waals surface area contributed by atoms with Gasteiger partial charge in [-0.2, -0.15) is 0 Å². The number of piperazine rings is 1. The van der Waals surface area contributed by atoms with E-state index in [9.17, 15) is 9.50 Å².